The Morgan fingerprint density at radius 1 is 1.13 bits per heavy atom. The van der Waals surface area contributed by atoms with E-state index in [2.05, 4.69) is 39.6 Å². The van der Waals surface area contributed by atoms with E-state index in [0.717, 1.165) is 11.1 Å². The van der Waals surface area contributed by atoms with Gasteiger partial charge < -0.3 is 25.3 Å². The quantitative estimate of drug-likeness (QED) is 0.482. The number of aliphatic hydroxyl groups is 2. The molecule has 0 spiro atoms. The Balaban J connectivity index is 1.29. The molecule has 4 rings (SSSR count). The lowest BCUT2D eigenvalue weighted by atomic mass is 9.98. The van der Waals surface area contributed by atoms with Gasteiger partial charge in [0, 0.05) is 18.2 Å². The molecule has 1 aromatic heterocycles. The number of carbonyl (C=O) groups is 1. The highest BCUT2D eigenvalue weighted by molar-refractivity contribution is 5.79. The van der Waals surface area contributed by atoms with Crippen LogP contribution in [0.2, 0.25) is 0 Å². The summed E-state index contributed by atoms with van der Waals surface area (Å²) in [6.07, 6.45) is -1.05. The number of ether oxygens (including phenoxy) is 1. The smallest absolute Gasteiger partial charge is 0.407 e. The van der Waals surface area contributed by atoms with Crippen LogP contribution in [0.25, 0.3) is 11.1 Å². The number of benzene rings is 2. The van der Waals surface area contributed by atoms with E-state index >= 15 is 0 Å². The first kappa shape index (κ1) is 20.1. The molecule has 7 nitrogen and oxygen atoms in total. The van der Waals surface area contributed by atoms with Crippen molar-refractivity contribution in [2.24, 2.45) is 0 Å². The summed E-state index contributed by atoms with van der Waals surface area (Å²) in [6.45, 7) is 2.18. The number of fused-ring (bicyclic) bond motifs is 3. The van der Waals surface area contributed by atoms with Crippen molar-refractivity contribution in [2.75, 3.05) is 13.2 Å². The molecule has 7 heteroatoms. The molecule has 4 N–H and O–H groups in total. The highest BCUT2D eigenvalue weighted by atomic mass is 16.5. The highest BCUT2D eigenvalue weighted by Gasteiger charge is 2.29. The molecule has 0 saturated carbocycles. The molecule has 0 aliphatic heterocycles. The van der Waals surface area contributed by atoms with Crippen LogP contribution >= 0.6 is 0 Å². The third kappa shape index (κ3) is 3.94. The highest BCUT2D eigenvalue weighted by Crippen LogP contribution is 2.44. The Hall–Kier alpha value is -3.16. The van der Waals surface area contributed by atoms with Crippen LogP contribution in [0.4, 0.5) is 4.79 Å². The standard InChI is InChI=1S/C23H25N3O4/c1-14-21(26-13-25-14)22(28)20(27)10-11-24-23(29)30-12-19-17-8-4-2-6-15(17)16-7-3-5-9-18(16)19/h2-9,13,19-20,22,27-28H,10-12H2,1H3,(H,24,29)(H,25,26). The van der Waals surface area contributed by atoms with Gasteiger partial charge in [-0.05, 0) is 35.6 Å². The Labute approximate surface area is 174 Å². The Kier molecular flexibility index (Phi) is 5.83. The molecule has 0 bridgehead atoms. The molecule has 0 fully saturated rings. The van der Waals surface area contributed by atoms with Gasteiger partial charge in [0.2, 0.25) is 0 Å². The largest absolute Gasteiger partial charge is 0.449 e. The number of aliphatic hydroxyl groups excluding tert-OH is 2. The van der Waals surface area contributed by atoms with Crippen molar-refractivity contribution in [1.82, 2.24) is 15.3 Å². The lowest BCUT2D eigenvalue weighted by Gasteiger charge is -2.18. The SMILES string of the molecule is Cc1[nH]cnc1C(O)C(O)CCNC(=O)OCC1c2ccccc2-c2ccccc21. The van der Waals surface area contributed by atoms with E-state index < -0.39 is 18.3 Å². The number of aromatic amines is 1. The number of alkyl carbamates (subject to hydrolysis) is 1. The van der Waals surface area contributed by atoms with Crippen LogP contribution in [-0.4, -0.2) is 45.5 Å². The predicted molar refractivity (Wildman–Crippen MR) is 112 cm³/mol. The van der Waals surface area contributed by atoms with Gasteiger partial charge in [0.15, 0.2) is 0 Å². The molecule has 1 heterocycles. The van der Waals surface area contributed by atoms with E-state index in [0.29, 0.717) is 11.4 Å². The Bertz CT molecular complexity index is 987. The van der Waals surface area contributed by atoms with Crippen molar-refractivity contribution < 1.29 is 19.7 Å². The normalized spacial score (nSPS) is 14.6. The van der Waals surface area contributed by atoms with Crippen LogP contribution in [-0.2, 0) is 4.74 Å². The summed E-state index contributed by atoms with van der Waals surface area (Å²) in [4.78, 5) is 19.0. The number of rotatable bonds is 7. The van der Waals surface area contributed by atoms with E-state index in [1.165, 1.54) is 17.5 Å². The molecule has 3 aromatic rings. The van der Waals surface area contributed by atoms with Crippen LogP contribution < -0.4 is 5.32 Å². The van der Waals surface area contributed by atoms with E-state index in [1.54, 1.807) is 6.92 Å². The summed E-state index contributed by atoms with van der Waals surface area (Å²) in [5.74, 6) is -0.00166. The summed E-state index contributed by atoms with van der Waals surface area (Å²) in [7, 11) is 0. The number of aryl methyl sites for hydroxylation is 1. The van der Waals surface area contributed by atoms with Gasteiger partial charge in [0.05, 0.1) is 18.1 Å². The summed E-state index contributed by atoms with van der Waals surface area (Å²) in [5, 5.41) is 23.0. The van der Waals surface area contributed by atoms with Crippen molar-refractivity contribution in [3.63, 3.8) is 0 Å². The molecular formula is C23H25N3O4. The summed E-state index contributed by atoms with van der Waals surface area (Å²) in [6, 6.07) is 16.3. The second-order valence-corrected chi connectivity index (χ2v) is 7.47. The maximum Gasteiger partial charge on any atom is 0.407 e. The molecule has 1 aliphatic rings. The third-order valence-corrected chi connectivity index (χ3v) is 5.57. The topological polar surface area (TPSA) is 107 Å². The van der Waals surface area contributed by atoms with Gasteiger partial charge in [-0.1, -0.05) is 48.5 Å². The predicted octanol–water partition coefficient (Wildman–Crippen LogP) is 3.04. The fraction of sp³-hybridized carbons (Fsp3) is 0.304. The molecule has 156 valence electrons. The van der Waals surface area contributed by atoms with E-state index in [1.807, 2.05) is 24.3 Å². The van der Waals surface area contributed by atoms with Gasteiger partial charge in [-0.25, -0.2) is 9.78 Å². The maximum atomic E-state index is 12.2. The number of imidazole rings is 1. The van der Waals surface area contributed by atoms with Crippen molar-refractivity contribution in [3.8, 4) is 11.1 Å². The first-order valence-corrected chi connectivity index (χ1v) is 10.0. The molecule has 2 unspecified atom stereocenters. The minimum absolute atomic E-state index is 0.00166. The molecule has 1 amide bonds. The molecule has 0 saturated heterocycles. The first-order chi connectivity index (χ1) is 14.6. The number of amides is 1. The second kappa shape index (κ2) is 8.69. The van der Waals surface area contributed by atoms with Crippen LogP contribution in [0, 0.1) is 6.92 Å². The minimum atomic E-state index is -1.11. The zero-order valence-electron chi connectivity index (χ0n) is 16.7. The first-order valence-electron chi connectivity index (χ1n) is 10.0. The van der Waals surface area contributed by atoms with Gasteiger partial charge in [0.25, 0.3) is 0 Å². The van der Waals surface area contributed by atoms with Crippen LogP contribution in [0.15, 0.2) is 54.9 Å². The number of carbonyl (C=O) groups excluding carboxylic acids is 1. The van der Waals surface area contributed by atoms with Gasteiger partial charge >= 0.3 is 6.09 Å². The van der Waals surface area contributed by atoms with Crippen LogP contribution in [0.5, 0.6) is 0 Å². The summed E-state index contributed by atoms with van der Waals surface area (Å²) >= 11 is 0. The van der Waals surface area contributed by atoms with E-state index in [-0.39, 0.29) is 25.5 Å². The van der Waals surface area contributed by atoms with Crippen molar-refractivity contribution in [3.05, 3.63) is 77.4 Å². The van der Waals surface area contributed by atoms with Gasteiger partial charge in [-0.3, -0.25) is 0 Å². The fourth-order valence-electron chi connectivity index (χ4n) is 3.98. The zero-order chi connectivity index (χ0) is 21.1. The molecule has 30 heavy (non-hydrogen) atoms. The monoisotopic (exact) mass is 407 g/mol. The summed E-state index contributed by atoms with van der Waals surface area (Å²) < 4.78 is 5.46. The average molecular weight is 407 g/mol. The average Bonchev–Trinajstić information content (AvgIpc) is 3.33. The second-order valence-electron chi connectivity index (χ2n) is 7.47. The van der Waals surface area contributed by atoms with Crippen molar-refractivity contribution in [2.45, 2.75) is 31.5 Å². The van der Waals surface area contributed by atoms with Crippen molar-refractivity contribution in [1.29, 1.82) is 0 Å². The van der Waals surface area contributed by atoms with Gasteiger partial charge in [-0.15, -0.1) is 0 Å². The molecule has 0 radical (unpaired) electrons. The lowest BCUT2D eigenvalue weighted by molar-refractivity contribution is 0.0110. The van der Waals surface area contributed by atoms with E-state index in [9.17, 15) is 15.0 Å². The molecule has 1 aliphatic carbocycles. The zero-order valence-corrected chi connectivity index (χ0v) is 16.7. The third-order valence-electron chi connectivity index (χ3n) is 5.57. The van der Waals surface area contributed by atoms with Gasteiger partial charge in [-0.2, -0.15) is 0 Å². The molecular weight excluding hydrogens is 382 g/mol. The van der Waals surface area contributed by atoms with Gasteiger partial charge in [0.1, 0.15) is 12.7 Å². The lowest BCUT2D eigenvalue weighted by Crippen LogP contribution is -2.31. The number of nitrogens with zero attached hydrogens (tertiary/aromatic N) is 1. The minimum Gasteiger partial charge on any atom is -0.449 e. The molecule has 2 aromatic carbocycles. The fourth-order valence-corrected chi connectivity index (χ4v) is 3.98. The van der Waals surface area contributed by atoms with Crippen LogP contribution in [0.3, 0.4) is 0 Å². The number of H-pyrrole nitrogens is 1. The Morgan fingerprint density at radius 2 is 1.77 bits per heavy atom. The number of aromatic nitrogens is 2. The summed E-state index contributed by atoms with van der Waals surface area (Å²) in [5.41, 5.74) is 5.76. The van der Waals surface area contributed by atoms with Crippen LogP contribution in [0.1, 0.15) is 41.0 Å². The van der Waals surface area contributed by atoms with E-state index in [4.69, 9.17) is 4.74 Å². The number of nitrogens with one attached hydrogen (secondary N) is 2. The van der Waals surface area contributed by atoms with Crippen molar-refractivity contribution >= 4 is 6.09 Å². The Morgan fingerprint density at radius 3 is 2.37 bits per heavy atom. The number of hydrogen-bond donors (Lipinski definition) is 4. The molecule has 2 atom stereocenters. The maximum absolute atomic E-state index is 12.2. The number of hydrogen-bond acceptors (Lipinski definition) is 5.